The summed E-state index contributed by atoms with van der Waals surface area (Å²) < 4.78 is 5.73. The molecule has 0 aromatic carbocycles. The first kappa shape index (κ1) is 9.50. The van der Waals surface area contributed by atoms with Gasteiger partial charge >= 0.3 is 0 Å². The molecule has 1 heterocycles. The molecular weight excluding hydrogens is 271 g/mol. The first-order valence-corrected chi connectivity index (χ1v) is 4.69. The van der Waals surface area contributed by atoms with Crippen LogP contribution in [0, 0.1) is 3.57 Å². The monoisotopic (exact) mass is 280 g/mol. The maximum Gasteiger partial charge on any atom is 0.268 e. The number of halogens is 1. The van der Waals surface area contributed by atoms with Gasteiger partial charge in [0.25, 0.3) is 5.56 Å². The first-order valence-electron chi connectivity index (χ1n) is 3.61. The maximum atomic E-state index is 11.0. The van der Waals surface area contributed by atoms with Crippen LogP contribution in [0.15, 0.2) is 11.1 Å². The lowest BCUT2D eigenvalue weighted by atomic mass is 10.5. The van der Waals surface area contributed by atoms with Crippen LogP contribution in [0.1, 0.15) is 13.3 Å². The molecule has 0 amide bonds. The molecule has 1 aromatic rings. The van der Waals surface area contributed by atoms with E-state index in [1.54, 1.807) is 0 Å². The number of H-pyrrole nitrogens is 1. The summed E-state index contributed by atoms with van der Waals surface area (Å²) in [7, 11) is 0. The minimum atomic E-state index is -0.156. The summed E-state index contributed by atoms with van der Waals surface area (Å²) >= 11 is 1.91. The van der Waals surface area contributed by atoms with Crippen LogP contribution < -0.4 is 10.3 Å². The summed E-state index contributed by atoms with van der Waals surface area (Å²) in [6.45, 7) is 2.59. The summed E-state index contributed by atoms with van der Waals surface area (Å²) in [4.78, 5) is 17.4. The van der Waals surface area contributed by atoms with Crippen LogP contribution in [0.5, 0.6) is 5.88 Å². The van der Waals surface area contributed by atoms with Gasteiger partial charge in [-0.25, -0.2) is 4.98 Å². The number of nitrogens with zero attached hydrogens (tertiary/aromatic N) is 1. The minimum absolute atomic E-state index is 0.156. The van der Waals surface area contributed by atoms with Gasteiger partial charge in [0.1, 0.15) is 3.57 Å². The van der Waals surface area contributed by atoms with Crippen molar-refractivity contribution < 1.29 is 4.74 Å². The van der Waals surface area contributed by atoms with Crippen molar-refractivity contribution >= 4 is 22.6 Å². The molecular formula is C7H9IN2O2. The Labute approximate surface area is 83.5 Å². The Morgan fingerprint density at radius 3 is 3.17 bits per heavy atom. The predicted octanol–water partition coefficient (Wildman–Crippen LogP) is 1.16. The van der Waals surface area contributed by atoms with Gasteiger partial charge in [-0.3, -0.25) is 4.79 Å². The van der Waals surface area contributed by atoms with Crippen molar-refractivity contribution in [2.75, 3.05) is 6.61 Å². The largest absolute Gasteiger partial charge is 0.477 e. The maximum absolute atomic E-state index is 11.0. The predicted molar refractivity (Wildman–Crippen MR) is 53.4 cm³/mol. The van der Waals surface area contributed by atoms with Gasteiger partial charge in [-0.15, -0.1) is 0 Å². The van der Waals surface area contributed by atoms with Gasteiger partial charge in [0, 0.05) is 0 Å². The third kappa shape index (κ3) is 2.20. The van der Waals surface area contributed by atoms with E-state index in [9.17, 15) is 4.79 Å². The van der Waals surface area contributed by atoms with Crippen LogP contribution in [-0.4, -0.2) is 16.6 Å². The average molecular weight is 280 g/mol. The second-order valence-electron chi connectivity index (χ2n) is 2.20. The lowest BCUT2D eigenvalue weighted by Gasteiger charge is -2.02. The summed E-state index contributed by atoms with van der Waals surface area (Å²) in [6, 6.07) is 0. The number of nitrogens with one attached hydrogen (secondary N) is 1. The van der Waals surface area contributed by atoms with E-state index in [-0.39, 0.29) is 5.56 Å². The molecule has 0 aliphatic carbocycles. The molecule has 0 aliphatic heterocycles. The van der Waals surface area contributed by atoms with Gasteiger partial charge in [0.2, 0.25) is 5.88 Å². The first-order chi connectivity index (χ1) is 5.75. The average Bonchev–Trinajstić information content (AvgIpc) is 2.08. The van der Waals surface area contributed by atoms with Crippen molar-refractivity contribution in [3.8, 4) is 5.88 Å². The minimum Gasteiger partial charge on any atom is -0.477 e. The zero-order valence-electron chi connectivity index (χ0n) is 6.63. The number of aromatic nitrogens is 2. The Morgan fingerprint density at radius 2 is 2.50 bits per heavy atom. The van der Waals surface area contributed by atoms with E-state index in [0.717, 1.165) is 6.42 Å². The van der Waals surface area contributed by atoms with Crippen LogP contribution in [0.3, 0.4) is 0 Å². The van der Waals surface area contributed by atoms with Crippen LogP contribution in [0.25, 0.3) is 0 Å². The van der Waals surface area contributed by atoms with Gasteiger partial charge < -0.3 is 9.72 Å². The van der Waals surface area contributed by atoms with Crippen LogP contribution in [0.2, 0.25) is 0 Å². The third-order valence-corrected chi connectivity index (χ3v) is 2.16. The number of rotatable bonds is 3. The lowest BCUT2D eigenvalue weighted by molar-refractivity contribution is 0.301. The summed E-state index contributed by atoms with van der Waals surface area (Å²) in [6.07, 6.45) is 2.25. The molecule has 0 aliphatic rings. The Bertz CT molecular complexity index is 311. The highest BCUT2D eigenvalue weighted by Crippen LogP contribution is 2.11. The fourth-order valence-corrected chi connectivity index (χ4v) is 1.12. The quantitative estimate of drug-likeness (QED) is 0.845. The Morgan fingerprint density at radius 1 is 1.75 bits per heavy atom. The van der Waals surface area contributed by atoms with Crippen molar-refractivity contribution in [2.24, 2.45) is 0 Å². The molecule has 1 rings (SSSR count). The smallest absolute Gasteiger partial charge is 0.268 e. The Kier molecular flexibility index (Phi) is 3.51. The SMILES string of the molecule is CCCOc1nc[nH]c(=O)c1I. The third-order valence-electron chi connectivity index (χ3n) is 1.21. The van der Waals surface area contributed by atoms with E-state index < -0.39 is 0 Å². The molecule has 0 fully saturated rings. The second kappa shape index (κ2) is 4.44. The van der Waals surface area contributed by atoms with E-state index in [1.165, 1.54) is 6.33 Å². The number of hydrogen-bond acceptors (Lipinski definition) is 3. The van der Waals surface area contributed by atoms with Gasteiger partial charge in [0.15, 0.2) is 0 Å². The van der Waals surface area contributed by atoms with E-state index in [1.807, 2.05) is 29.5 Å². The van der Waals surface area contributed by atoms with Gasteiger partial charge in [-0.1, -0.05) is 6.92 Å². The Hall–Kier alpha value is -0.590. The highest BCUT2D eigenvalue weighted by atomic mass is 127. The van der Waals surface area contributed by atoms with E-state index in [0.29, 0.717) is 16.1 Å². The van der Waals surface area contributed by atoms with E-state index in [2.05, 4.69) is 9.97 Å². The Balaban J connectivity index is 2.85. The summed E-state index contributed by atoms with van der Waals surface area (Å²) in [5.41, 5.74) is -0.156. The highest BCUT2D eigenvalue weighted by molar-refractivity contribution is 14.1. The van der Waals surface area contributed by atoms with Gasteiger partial charge in [-0.05, 0) is 29.0 Å². The van der Waals surface area contributed by atoms with E-state index in [4.69, 9.17) is 4.74 Å². The topological polar surface area (TPSA) is 55.0 Å². The van der Waals surface area contributed by atoms with Crippen molar-refractivity contribution in [1.29, 1.82) is 0 Å². The number of hydrogen-bond donors (Lipinski definition) is 1. The molecule has 1 aromatic heterocycles. The molecule has 4 nitrogen and oxygen atoms in total. The zero-order valence-corrected chi connectivity index (χ0v) is 8.79. The standard InChI is InChI=1S/C7H9IN2O2/c1-2-3-12-7-5(8)6(11)9-4-10-7/h4H,2-3H2,1H3,(H,9,10,11). The molecule has 0 saturated heterocycles. The normalized spacial score (nSPS) is 9.83. The van der Waals surface area contributed by atoms with Gasteiger partial charge in [-0.2, -0.15) is 0 Å². The molecule has 0 bridgehead atoms. The second-order valence-corrected chi connectivity index (χ2v) is 3.28. The van der Waals surface area contributed by atoms with Crippen LogP contribution >= 0.6 is 22.6 Å². The molecule has 66 valence electrons. The molecule has 0 unspecified atom stereocenters. The molecule has 12 heavy (non-hydrogen) atoms. The lowest BCUT2D eigenvalue weighted by Crippen LogP contribution is -2.12. The van der Waals surface area contributed by atoms with Crippen molar-refractivity contribution in [3.05, 3.63) is 20.3 Å². The summed E-state index contributed by atoms with van der Waals surface area (Å²) in [5, 5.41) is 0. The molecule has 0 spiro atoms. The zero-order chi connectivity index (χ0) is 8.97. The molecule has 0 atom stereocenters. The highest BCUT2D eigenvalue weighted by Gasteiger charge is 2.04. The molecule has 1 N–H and O–H groups in total. The van der Waals surface area contributed by atoms with Crippen LogP contribution in [0.4, 0.5) is 0 Å². The van der Waals surface area contributed by atoms with Crippen molar-refractivity contribution in [3.63, 3.8) is 0 Å². The molecule has 0 saturated carbocycles. The van der Waals surface area contributed by atoms with Gasteiger partial charge in [0.05, 0.1) is 12.9 Å². The van der Waals surface area contributed by atoms with Crippen molar-refractivity contribution in [2.45, 2.75) is 13.3 Å². The number of aromatic amines is 1. The molecule has 0 radical (unpaired) electrons. The number of ether oxygens (including phenoxy) is 1. The fraction of sp³-hybridized carbons (Fsp3) is 0.429. The summed E-state index contributed by atoms with van der Waals surface area (Å²) in [5.74, 6) is 0.418. The van der Waals surface area contributed by atoms with E-state index >= 15 is 0 Å². The molecule has 5 heteroatoms. The van der Waals surface area contributed by atoms with Crippen molar-refractivity contribution in [1.82, 2.24) is 9.97 Å². The van der Waals surface area contributed by atoms with Crippen LogP contribution in [-0.2, 0) is 0 Å². The fourth-order valence-electron chi connectivity index (χ4n) is 0.666.